The maximum Gasteiger partial charge on any atom is 0.186 e. The molecule has 0 radical (unpaired) electrons. The molecule has 1 saturated carbocycles. The number of aromatic nitrogens is 2. The standard InChI is InChI=1S/C6H6N2OS/c9-6(4-1-2-4)5-3-7-10-8-5/h3-4H,1-2H2. The van der Waals surface area contributed by atoms with Crippen molar-refractivity contribution in [1.82, 2.24) is 8.75 Å². The first-order valence-corrected chi connectivity index (χ1v) is 3.93. The SMILES string of the molecule is O=C(c1cnsn1)C1CC1. The van der Waals surface area contributed by atoms with Crippen LogP contribution in [0.5, 0.6) is 0 Å². The van der Waals surface area contributed by atoms with E-state index in [0.29, 0.717) is 5.69 Å². The molecule has 1 fully saturated rings. The van der Waals surface area contributed by atoms with Gasteiger partial charge in [-0.2, -0.15) is 8.75 Å². The molecule has 0 spiro atoms. The van der Waals surface area contributed by atoms with Gasteiger partial charge in [0.15, 0.2) is 5.78 Å². The average Bonchev–Trinajstić information content (AvgIpc) is 2.65. The molecule has 0 aromatic carbocycles. The molecule has 2 rings (SSSR count). The predicted molar refractivity (Wildman–Crippen MR) is 37.0 cm³/mol. The lowest BCUT2D eigenvalue weighted by Crippen LogP contribution is -2.00. The van der Waals surface area contributed by atoms with Crippen LogP contribution in [0.4, 0.5) is 0 Å². The van der Waals surface area contributed by atoms with E-state index >= 15 is 0 Å². The van der Waals surface area contributed by atoms with Crippen molar-refractivity contribution < 1.29 is 4.79 Å². The Morgan fingerprint density at radius 3 is 3.00 bits per heavy atom. The Morgan fingerprint density at radius 2 is 2.50 bits per heavy atom. The first-order chi connectivity index (χ1) is 4.88. The third-order valence-electron chi connectivity index (χ3n) is 1.56. The van der Waals surface area contributed by atoms with E-state index in [4.69, 9.17) is 0 Å². The maximum absolute atomic E-state index is 11.2. The number of carbonyl (C=O) groups excluding carboxylic acids is 1. The molecule has 0 amide bonds. The Bertz CT molecular complexity index is 240. The fraction of sp³-hybridized carbons (Fsp3) is 0.500. The van der Waals surface area contributed by atoms with Crippen molar-refractivity contribution in [1.29, 1.82) is 0 Å². The normalized spacial score (nSPS) is 17.2. The summed E-state index contributed by atoms with van der Waals surface area (Å²) in [5.74, 6) is 0.442. The fourth-order valence-electron chi connectivity index (χ4n) is 0.828. The van der Waals surface area contributed by atoms with E-state index in [1.165, 1.54) is 0 Å². The number of nitrogens with zero attached hydrogens (tertiary/aromatic N) is 2. The Morgan fingerprint density at radius 1 is 1.70 bits per heavy atom. The van der Waals surface area contributed by atoms with Crippen molar-refractivity contribution in [3.63, 3.8) is 0 Å². The third kappa shape index (κ3) is 0.945. The molecular weight excluding hydrogens is 148 g/mol. The Kier molecular flexibility index (Phi) is 1.27. The van der Waals surface area contributed by atoms with Gasteiger partial charge in [-0.3, -0.25) is 4.79 Å². The van der Waals surface area contributed by atoms with Crippen molar-refractivity contribution in [2.24, 2.45) is 5.92 Å². The van der Waals surface area contributed by atoms with Gasteiger partial charge in [-0.25, -0.2) is 0 Å². The lowest BCUT2D eigenvalue weighted by Gasteiger charge is -1.86. The Hall–Kier alpha value is -0.770. The van der Waals surface area contributed by atoms with Crippen LogP contribution in [0.1, 0.15) is 23.3 Å². The topological polar surface area (TPSA) is 42.9 Å². The molecule has 0 bridgehead atoms. The van der Waals surface area contributed by atoms with Crippen LogP contribution in [0, 0.1) is 5.92 Å². The van der Waals surface area contributed by atoms with Crippen molar-refractivity contribution in [3.8, 4) is 0 Å². The monoisotopic (exact) mass is 154 g/mol. The van der Waals surface area contributed by atoms with Gasteiger partial charge < -0.3 is 0 Å². The molecule has 1 aromatic rings. The van der Waals surface area contributed by atoms with Gasteiger partial charge in [0.2, 0.25) is 0 Å². The number of rotatable bonds is 2. The van der Waals surface area contributed by atoms with E-state index in [2.05, 4.69) is 8.75 Å². The number of Topliss-reactive ketones (excluding diaryl/α,β-unsaturated/α-hetero) is 1. The van der Waals surface area contributed by atoms with Crippen molar-refractivity contribution >= 4 is 17.5 Å². The van der Waals surface area contributed by atoms with Crippen LogP contribution in [0.2, 0.25) is 0 Å². The molecule has 0 N–H and O–H groups in total. The van der Waals surface area contributed by atoms with Gasteiger partial charge in [0.1, 0.15) is 5.69 Å². The minimum absolute atomic E-state index is 0.175. The second-order valence-corrected chi connectivity index (χ2v) is 2.99. The van der Waals surface area contributed by atoms with Crippen LogP contribution in [0.15, 0.2) is 6.20 Å². The highest BCUT2D eigenvalue weighted by molar-refractivity contribution is 6.99. The molecule has 1 aliphatic carbocycles. The van der Waals surface area contributed by atoms with Gasteiger partial charge in [-0.1, -0.05) is 0 Å². The second-order valence-electron chi connectivity index (χ2n) is 2.43. The molecule has 52 valence electrons. The van der Waals surface area contributed by atoms with Gasteiger partial charge in [0.05, 0.1) is 17.9 Å². The van der Waals surface area contributed by atoms with Crippen LogP contribution in [-0.2, 0) is 0 Å². The molecule has 1 aromatic heterocycles. The highest BCUT2D eigenvalue weighted by Crippen LogP contribution is 2.31. The molecule has 0 aliphatic heterocycles. The average molecular weight is 154 g/mol. The highest BCUT2D eigenvalue weighted by Gasteiger charge is 2.31. The molecule has 3 nitrogen and oxygen atoms in total. The molecular formula is C6H6N2OS. The van der Waals surface area contributed by atoms with Crippen LogP contribution in [0.25, 0.3) is 0 Å². The summed E-state index contributed by atoms with van der Waals surface area (Å²) in [6.45, 7) is 0. The van der Waals surface area contributed by atoms with Crippen molar-refractivity contribution in [2.75, 3.05) is 0 Å². The zero-order valence-electron chi connectivity index (χ0n) is 5.28. The van der Waals surface area contributed by atoms with Crippen LogP contribution >= 0.6 is 11.7 Å². The van der Waals surface area contributed by atoms with E-state index in [0.717, 1.165) is 24.6 Å². The quantitative estimate of drug-likeness (QED) is 0.600. The molecule has 0 atom stereocenters. The van der Waals surface area contributed by atoms with E-state index < -0.39 is 0 Å². The van der Waals surface area contributed by atoms with Crippen LogP contribution < -0.4 is 0 Å². The van der Waals surface area contributed by atoms with Crippen molar-refractivity contribution in [3.05, 3.63) is 11.9 Å². The van der Waals surface area contributed by atoms with Crippen LogP contribution in [-0.4, -0.2) is 14.5 Å². The fourth-order valence-corrected chi connectivity index (χ4v) is 1.25. The molecule has 10 heavy (non-hydrogen) atoms. The molecule has 0 unspecified atom stereocenters. The van der Waals surface area contributed by atoms with Gasteiger partial charge in [0.25, 0.3) is 0 Å². The first kappa shape index (κ1) is 5.97. The van der Waals surface area contributed by atoms with Crippen LogP contribution in [0.3, 0.4) is 0 Å². The highest BCUT2D eigenvalue weighted by atomic mass is 32.1. The molecule has 1 heterocycles. The summed E-state index contributed by atoms with van der Waals surface area (Å²) in [6.07, 6.45) is 3.62. The zero-order valence-corrected chi connectivity index (χ0v) is 6.10. The lowest BCUT2D eigenvalue weighted by molar-refractivity contribution is 0.0963. The smallest absolute Gasteiger partial charge is 0.186 e. The summed E-state index contributed by atoms with van der Waals surface area (Å²) in [5.41, 5.74) is 0.549. The van der Waals surface area contributed by atoms with E-state index in [9.17, 15) is 4.79 Å². The third-order valence-corrected chi connectivity index (χ3v) is 2.04. The molecule has 0 saturated heterocycles. The number of carbonyl (C=O) groups is 1. The van der Waals surface area contributed by atoms with E-state index in [1.807, 2.05) is 0 Å². The summed E-state index contributed by atoms with van der Waals surface area (Å²) in [5, 5.41) is 0. The van der Waals surface area contributed by atoms with Crippen molar-refractivity contribution in [2.45, 2.75) is 12.8 Å². The predicted octanol–water partition coefficient (Wildman–Crippen LogP) is 1.13. The summed E-state index contributed by atoms with van der Waals surface area (Å²) in [6, 6.07) is 0. The minimum Gasteiger partial charge on any atom is -0.292 e. The molecule has 1 aliphatic rings. The summed E-state index contributed by atoms with van der Waals surface area (Å²) in [7, 11) is 0. The Labute approximate surface area is 62.4 Å². The molecule has 4 heteroatoms. The summed E-state index contributed by atoms with van der Waals surface area (Å²) in [4.78, 5) is 11.2. The Balaban J connectivity index is 2.19. The van der Waals surface area contributed by atoms with E-state index in [1.54, 1.807) is 6.20 Å². The largest absolute Gasteiger partial charge is 0.292 e. The summed E-state index contributed by atoms with van der Waals surface area (Å²) < 4.78 is 7.62. The minimum atomic E-state index is 0.175. The van der Waals surface area contributed by atoms with Gasteiger partial charge in [0, 0.05) is 5.92 Å². The maximum atomic E-state index is 11.2. The van der Waals surface area contributed by atoms with E-state index in [-0.39, 0.29) is 11.7 Å². The zero-order chi connectivity index (χ0) is 6.97. The lowest BCUT2D eigenvalue weighted by atomic mass is 10.2. The van der Waals surface area contributed by atoms with Gasteiger partial charge in [-0.15, -0.1) is 0 Å². The summed E-state index contributed by atoms with van der Waals surface area (Å²) >= 11 is 1.09. The second kappa shape index (κ2) is 2.12. The first-order valence-electron chi connectivity index (χ1n) is 3.19. The van der Waals surface area contributed by atoms with Gasteiger partial charge in [-0.05, 0) is 12.8 Å². The number of hydrogen-bond donors (Lipinski definition) is 0. The number of ketones is 1. The number of hydrogen-bond acceptors (Lipinski definition) is 4. The van der Waals surface area contributed by atoms with Gasteiger partial charge >= 0.3 is 0 Å².